The highest BCUT2D eigenvalue weighted by Gasteiger charge is 2.25. The molecular formula is C116H93F4N23O6. The molecule has 33 heteroatoms. The number of carbonyl (C=O) groups excluding carboxylic acids is 4. The Hall–Kier alpha value is -18.7. The van der Waals surface area contributed by atoms with Crippen LogP contribution in [0.4, 0.5) is 40.3 Å². The van der Waals surface area contributed by atoms with Gasteiger partial charge in [-0.25, -0.2) is 17.6 Å². The Morgan fingerprint density at radius 3 is 0.866 bits per heavy atom. The lowest BCUT2D eigenvalue weighted by Crippen LogP contribution is -2.36. The third kappa shape index (κ3) is 22.9. The number of ether oxygens (including phenoxy) is 2. The number of nitrogens with zero attached hydrogens (tertiary/aromatic N) is 15. The van der Waals surface area contributed by atoms with Crippen molar-refractivity contribution in [2.45, 2.75) is 38.9 Å². The molecule has 9 aromatic carbocycles. The van der Waals surface area contributed by atoms with Gasteiger partial charge < -0.3 is 30.7 Å². The molecule has 4 amide bonds. The van der Waals surface area contributed by atoms with E-state index < -0.39 is 5.91 Å². The van der Waals surface area contributed by atoms with Crippen molar-refractivity contribution >= 4 is 90.0 Å². The van der Waals surface area contributed by atoms with Crippen molar-refractivity contribution in [3.8, 4) is 101 Å². The lowest BCUT2D eigenvalue weighted by atomic mass is 10.0. The zero-order valence-electron chi connectivity index (χ0n) is 80.0. The number of anilines is 4. The van der Waals surface area contributed by atoms with E-state index in [4.69, 9.17) is 9.47 Å². The average molecular weight is 1980 g/mol. The van der Waals surface area contributed by atoms with Crippen LogP contribution in [-0.2, 0) is 24.4 Å². The van der Waals surface area contributed by atoms with Gasteiger partial charge in [-0.15, -0.1) is 0 Å². The fourth-order valence-electron chi connectivity index (χ4n) is 17.9. The molecule has 3 saturated heterocycles. The van der Waals surface area contributed by atoms with Crippen LogP contribution in [0.1, 0.15) is 77.9 Å². The second kappa shape index (κ2) is 44.7. The molecule has 8 N–H and O–H groups in total. The van der Waals surface area contributed by atoms with E-state index in [9.17, 15) is 36.7 Å². The summed E-state index contributed by atoms with van der Waals surface area (Å²) in [6.45, 7) is 10.4. The predicted octanol–water partition coefficient (Wildman–Crippen LogP) is 22.7. The molecule has 3 fully saturated rings. The number of morpholine rings is 1. The summed E-state index contributed by atoms with van der Waals surface area (Å²) < 4.78 is 67.6. The first-order valence-electron chi connectivity index (χ1n) is 48.3. The van der Waals surface area contributed by atoms with Crippen molar-refractivity contribution in [2.24, 2.45) is 0 Å². The van der Waals surface area contributed by atoms with Gasteiger partial charge in [0.25, 0.3) is 23.6 Å². The van der Waals surface area contributed by atoms with Crippen LogP contribution in [0, 0.1) is 23.3 Å². The number of pyridine rings is 8. The van der Waals surface area contributed by atoms with Gasteiger partial charge in [0.1, 0.15) is 34.8 Å². The third-order valence-corrected chi connectivity index (χ3v) is 25.7. The van der Waals surface area contributed by atoms with Gasteiger partial charge in [-0.05, 0) is 266 Å². The lowest BCUT2D eigenvalue weighted by molar-refractivity contribution is 0.0341. The summed E-state index contributed by atoms with van der Waals surface area (Å²) in [6.07, 6.45) is 24.4. The van der Waals surface area contributed by atoms with Crippen LogP contribution in [0.3, 0.4) is 0 Å². The van der Waals surface area contributed by atoms with E-state index >= 15 is 0 Å². The van der Waals surface area contributed by atoms with Gasteiger partial charge >= 0.3 is 0 Å². The maximum atomic E-state index is 14.1. The summed E-state index contributed by atoms with van der Waals surface area (Å²) in [6, 6.07) is 80.3. The van der Waals surface area contributed by atoms with Gasteiger partial charge in [-0.3, -0.25) is 94.1 Å². The molecule has 736 valence electrons. The molecule has 24 rings (SSSR count). The van der Waals surface area contributed by atoms with Crippen molar-refractivity contribution in [3.05, 3.63) is 410 Å². The van der Waals surface area contributed by atoms with E-state index in [1.165, 1.54) is 79.4 Å². The Labute approximate surface area is 850 Å². The summed E-state index contributed by atoms with van der Waals surface area (Å²) in [5.41, 5.74) is 20.6. The highest BCUT2D eigenvalue weighted by atomic mass is 19.1. The van der Waals surface area contributed by atoms with Gasteiger partial charge in [-0.1, -0.05) is 91.0 Å². The quantitative estimate of drug-likeness (QED) is 0.0260. The first kappa shape index (κ1) is 96.4. The highest BCUT2D eigenvalue weighted by molar-refractivity contribution is 6.15. The van der Waals surface area contributed by atoms with Crippen molar-refractivity contribution in [2.75, 3.05) is 73.7 Å². The Morgan fingerprint density at radius 2 is 0.570 bits per heavy atom. The Bertz CT molecular complexity index is 8430. The Kier molecular flexibility index (Phi) is 28.9. The minimum Gasteiger partial charge on any atom is -0.456 e. The number of halogens is 4. The first-order chi connectivity index (χ1) is 73.0. The Balaban J connectivity index is 0.000000116. The number of nitrogens with one attached hydrogen (secondary N) is 8. The number of benzene rings is 9. The van der Waals surface area contributed by atoms with Crippen LogP contribution in [0.25, 0.3) is 133 Å². The second-order valence-corrected chi connectivity index (χ2v) is 35.9. The largest absolute Gasteiger partial charge is 0.456 e. The fraction of sp³-hybridized carbons (Fsp3) is 0.121. The molecule has 0 aliphatic carbocycles. The van der Waals surface area contributed by atoms with E-state index in [2.05, 4.69) is 135 Å². The molecule has 0 unspecified atom stereocenters. The van der Waals surface area contributed by atoms with Gasteiger partial charge in [0.2, 0.25) is 0 Å². The standard InChI is InChI=1S/C30H20FN5O2.C29H25FN6O2.C29H25FN6O.C28H23FN6O/c31-26-9-5-4-8-24(26)27-13-11-21(17-33-27)34-30(37)29-25-15-19(10-12-28(25)35-36-29)20-14-23(18-32-16-20)38-22-6-2-1-3-7-22;30-25-4-2-1-3-23(25)26-8-6-22(17-32-26)33-29(37)28-24-14-20(5-7-27(24)34-35-28)21-13-19(15-31-16-21)18-36-9-11-38-12-10-36;30-25-6-2-1-5-23(25)26-10-8-22(17-32-26)33-29(37)28-24-14-20(7-9-27(24)34-35-28)21-13-19(15-31-16-21)18-36-11-3-4-12-36;29-24-5-2-1-4-22(24)25-9-7-21(16-31-25)32-28(36)27-23-13-19(6-8-26(23)33-34-27)20-12-18(14-30-15-20)17-35-10-3-11-35/h1-18H,(H,34,37)(H,35,36);1-8,13-17H,9-12,18H2,(H,33,37)(H,34,35);1-2,5-10,13-17H,3-4,11-12,18H2,(H,33,37)(H,34,35);1-2,4-9,12-16H,3,10-11,17H2,(H,32,36)(H,33,34). The van der Waals surface area contributed by atoms with E-state index in [0.717, 1.165) is 150 Å². The maximum Gasteiger partial charge on any atom is 0.276 e. The predicted molar refractivity (Wildman–Crippen MR) is 565 cm³/mol. The minimum absolute atomic E-state index is 0.240. The normalized spacial score (nSPS) is 13.0. The van der Waals surface area contributed by atoms with E-state index in [1.54, 1.807) is 134 Å². The summed E-state index contributed by atoms with van der Waals surface area (Å²) in [5.74, 6) is -1.56. The number of aromatic amines is 4. The molecule has 0 bridgehead atoms. The molecule has 29 nitrogen and oxygen atoms in total. The SMILES string of the molecule is O=C(Nc1ccc(-c2ccccc2F)nc1)c1n[nH]c2ccc(-c3cncc(CN4CCC4)c3)cc12.O=C(Nc1ccc(-c2ccccc2F)nc1)c1n[nH]c2ccc(-c3cncc(CN4CCCC4)c3)cc12.O=C(Nc1ccc(-c2ccccc2F)nc1)c1n[nH]c2ccc(-c3cncc(CN4CCOCC4)c3)cc12.O=C(Nc1ccc(-c2ccccc2F)nc1)c1n[nH]c2ccc(-c3cncc(Oc4ccccc4)c3)cc12. The van der Waals surface area contributed by atoms with Crippen molar-refractivity contribution in [3.63, 3.8) is 0 Å². The molecule has 3 aliphatic heterocycles. The van der Waals surface area contributed by atoms with Crippen LogP contribution >= 0.6 is 0 Å². The van der Waals surface area contributed by atoms with Crippen LogP contribution in [-0.4, -0.2) is 171 Å². The second-order valence-electron chi connectivity index (χ2n) is 35.9. The van der Waals surface area contributed by atoms with E-state index in [0.29, 0.717) is 95.4 Å². The summed E-state index contributed by atoms with van der Waals surface area (Å²) >= 11 is 0. The Morgan fingerprint density at radius 1 is 0.282 bits per heavy atom. The van der Waals surface area contributed by atoms with E-state index in [1.807, 2.05) is 146 Å². The summed E-state index contributed by atoms with van der Waals surface area (Å²) in [4.78, 5) is 94.4. The van der Waals surface area contributed by atoms with Gasteiger partial charge in [0, 0.05) is 142 Å². The number of amides is 4. The van der Waals surface area contributed by atoms with Crippen molar-refractivity contribution in [1.29, 1.82) is 0 Å². The number of fused-ring (bicyclic) bond motifs is 4. The van der Waals surface area contributed by atoms with Gasteiger partial charge in [0.15, 0.2) is 22.8 Å². The molecule has 0 saturated carbocycles. The van der Waals surface area contributed by atoms with Crippen molar-refractivity contribution in [1.82, 2.24) is 95.4 Å². The summed E-state index contributed by atoms with van der Waals surface area (Å²) in [7, 11) is 0. The molecule has 21 aromatic rings. The number of hydrogen-bond donors (Lipinski definition) is 8. The fourth-order valence-corrected chi connectivity index (χ4v) is 17.9. The van der Waals surface area contributed by atoms with Gasteiger partial charge in [-0.2, -0.15) is 20.4 Å². The van der Waals surface area contributed by atoms with Crippen LogP contribution < -0.4 is 26.0 Å². The highest BCUT2D eigenvalue weighted by Crippen LogP contribution is 2.37. The molecule has 0 atom stereocenters. The number of carbonyl (C=O) groups is 4. The minimum atomic E-state index is -0.395. The number of H-pyrrole nitrogens is 4. The molecule has 0 spiro atoms. The zero-order chi connectivity index (χ0) is 101. The molecular weight excluding hydrogens is 1890 g/mol. The zero-order valence-corrected chi connectivity index (χ0v) is 80.0. The molecule has 3 aliphatic rings. The molecule has 149 heavy (non-hydrogen) atoms. The van der Waals surface area contributed by atoms with Crippen LogP contribution in [0.2, 0.25) is 0 Å². The maximum absolute atomic E-state index is 14.1. The molecule has 12 aromatic heterocycles. The van der Waals surface area contributed by atoms with Crippen LogP contribution in [0.15, 0.2) is 347 Å². The number of aromatic nitrogens is 16. The van der Waals surface area contributed by atoms with E-state index in [-0.39, 0.29) is 63.8 Å². The topological polar surface area (TPSA) is 362 Å². The third-order valence-electron chi connectivity index (χ3n) is 25.7. The number of likely N-dealkylation sites (tertiary alicyclic amines) is 2. The monoisotopic (exact) mass is 1980 g/mol. The first-order valence-corrected chi connectivity index (χ1v) is 48.3. The molecule has 15 heterocycles. The van der Waals surface area contributed by atoms with Crippen molar-refractivity contribution < 1.29 is 46.2 Å². The number of para-hydroxylation sites is 1. The summed E-state index contributed by atoms with van der Waals surface area (Å²) in [5, 5.41) is 42.8. The smallest absolute Gasteiger partial charge is 0.276 e. The van der Waals surface area contributed by atoms with Crippen LogP contribution in [0.5, 0.6) is 11.5 Å². The van der Waals surface area contributed by atoms with Gasteiger partial charge in [0.05, 0.1) is 112 Å². The average Bonchev–Trinajstić information content (AvgIpc) is 1.67. The molecule has 0 radical (unpaired) electrons. The number of hydrogen-bond acceptors (Lipinski definition) is 21. The lowest BCUT2D eigenvalue weighted by Gasteiger charge is -2.30. The number of rotatable bonds is 24.